The molecule has 1 aromatic heterocycles. The van der Waals surface area contributed by atoms with E-state index in [9.17, 15) is 0 Å². The number of nitrogens with zero attached hydrogens (tertiary/aromatic N) is 1. The van der Waals surface area contributed by atoms with Gasteiger partial charge in [-0.25, -0.2) is 4.98 Å². The Morgan fingerprint density at radius 3 is 2.59 bits per heavy atom. The molecule has 1 N–H and O–H groups in total. The van der Waals surface area contributed by atoms with E-state index in [1.54, 1.807) is 0 Å². The van der Waals surface area contributed by atoms with Gasteiger partial charge in [-0.1, -0.05) is 33.0 Å². The van der Waals surface area contributed by atoms with Crippen molar-refractivity contribution in [3.8, 4) is 0 Å². The summed E-state index contributed by atoms with van der Waals surface area (Å²) < 4.78 is 6.07. The number of aromatic amines is 1. The van der Waals surface area contributed by atoms with Gasteiger partial charge in [-0.3, -0.25) is 0 Å². The third kappa shape index (κ3) is 3.13. The van der Waals surface area contributed by atoms with Crippen LogP contribution in [0.2, 0.25) is 0 Å². The van der Waals surface area contributed by atoms with Gasteiger partial charge in [0.25, 0.3) is 0 Å². The molecule has 94 valence electrons. The number of ether oxygens (including phenoxy) is 1. The molecule has 0 unspecified atom stereocenters. The van der Waals surface area contributed by atoms with Crippen molar-refractivity contribution in [2.75, 3.05) is 13.2 Å². The van der Waals surface area contributed by atoms with Gasteiger partial charge in [0.05, 0.1) is 0 Å². The molecule has 1 fully saturated rings. The van der Waals surface area contributed by atoms with Gasteiger partial charge in [0.1, 0.15) is 10.5 Å². The van der Waals surface area contributed by atoms with Crippen molar-refractivity contribution >= 4 is 12.2 Å². The van der Waals surface area contributed by atoms with Crippen molar-refractivity contribution in [3.63, 3.8) is 0 Å². The highest BCUT2D eigenvalue weighted by Crippen LogP contribution is 2.26. The van der Waals surface area contributed by atoms with Gasteiger partial charge in [0.15, 0.2) is 0 Å². The van der Waals surface area contributed by atoms with Gasteiger partial charge in [0.2, 0.25) is 0 Å². The predicted molar refractivity (Wildman–Crippen MR) is 70.9 cm³/mol. The van der Waals surface area contributed by atoms with E-state index in [0.29, 0.717) is 10.6 Å². The average molecular weight is 252 g/mol. The van der Waals surface area contributed by atoms with Crippen molar-refractivity contribution in [2.45, 2.75) is 44.9 Å². The van der Waals surface area contributed by atoms with Gasteiger partial charge < -0.3 is 9.72 Å². The zero-order chi connectivity index (χ0) is 12.5. The molecule has 0 bridgehead atoms. The smallest absolute Gasteiger partial charge is 0.130 e. The SMILES string of the molecule is CC(C)(C)c1cc(=S)nc(C2CCOCC2)[nH]1. The van der Waals surface area contributed by atoms with Crippen molar-refractivity contribution in [2.24, 2.45) is 0 Å². The first-order valence-electron chi connectivity index (χ1n) is 6.16. The van der Waals surface area contributed by atoms with E-state index < -0.39 is 0 Å². The summed E-state index contributed by atoms with van der Waals surface area (Å²) in [7, 11) is 0. The Morgan fingerprint density at radius 2 is 2.00 bits per heavy atom. The molecule has 2 heterocycles. The molecule has 3 nitrogen and oxygen atoms in total. The molecule has 1 aliphatic rings. The molecule has 1 aliphatic heterocycles. The second-order valence-electron chi connectivity index (χ2n) is 5.65. The summed E-state index contributed by atoms with van der Waals surface area (Å²) in [4.78, 5) is 7.94. The number of hydrogen-bond donors (Lipinski definition) is 1. The van der Waals surface area contributed by atoms with E-state index in [1.807, 2.05) is 6.07 Å². The fourth-order valence-corrected chi connectivity index (χ4v) is 2.26. The van der Waals surface area contributed by atoms with E-state index in [4.69, 9.17) is 17.0 Å². The molecule has 0 atom stereocenters. The third-order valence-corrected chi connectivity index (χ3v) is 3.39. The highest BCUT2D eigenvalue weighted by atomic mass is 32.1. The summed E-state index contributed by atoms with van der Waals surface area (Å²) >= 11 is 5.26. The average Bonchev–Trinajstić information content (AvgIpc) is 2.28. The first-order chi connectivity index (χ1) is 7.97. The molecular weight excluding hydrogens is 232 g/mol. The Labute approximate surface area is 108 Å². The highest BCUT2D eigenvalue weighted by Gasteiger charge is 2.21. The Morgan fingerprint density at radius 1 is 1.35 bits per heavy atom. The van der Waals surface area contributed by atoms with Crippen molar-refractivity contribution < 1.29 is 4.74 Å². The Hall–Kier alpha value is -0.740. The highest BCUT2D eigenvalue weighted by molar-refractivity contribution is 7.71. The van der Waals surface area contributed by atoms with Crippen LogP contribution in [0.25, 0.3) is 0 Å². The standard InChI is InChI=1S/C13H20N2OS/c1-13(2,3)10-8-11(17)15-12(14-10)9-4-6-16-7-5-9/h8-9H,4-7H2,1-3H3,(H,14,15,17). The van der Waals surface area contributed by atoms with Gasteiger partial charge >= 0.3 is 0 Å². The van der Waals surface area contributed by atoms with Crippen LogP contribution in [0.1, 0.15) is 51.0 Å². The maximum absolute atomic E-state index is 5.38. The molecule has 0 aromatic carbocycles. The number of nitrogens with one attached hydrogen (secondary N) is 1. The molecule has 4 heteroatoms. The molecule has 1 saturated heterocycles. The van der Waals surface area contributed by atoms with E-state index in [-0.39, 0.29) is 5.41 Å². The van der Waals surface area contributed by atoms with Gasteiger partial charge in [-0.05, 0) is 18.9 Å². The Balaban J connectivity index is 2.34. The van der Waals surface area contributed by atoms with Crippen molar-refractivity contribution in [1.29, 1.82) is 0 Å². The van der Waals surface area contributed by atoms with Crippen LogP contribution >= 0.6 is 12.2 Å². The summed E-state index contributed by atoms with van der Waals surface area (Å²) in [5, 5.41) is 0. The summed E-state index contributed by atoms with van der Waals surface area (Å²) in [5.41, 5.74) is 1.25. The lowest BCUT2D eigenvalue weighted by molar-refractivity contribution is 0.0834. The lowest BCUT2D eigenvalue weighted by Gasteiger charge is -2.24. The van der Waals surface area contributed by atoms with Crippen LogP contribution in [0.3, 0.4) is 0 Å². The van der Waals surface area contributed by atoms with E-state index >= 15 is 0 Å². The molecular formula is C13H20N2OS. The van der Waals surface area contributed by atoms with Crippen molar-refractivity contribution in [3.05, 3.63) is 22.2 Å². The number of aromatic nitrogens is 2. The Kier molecular flexibility index (Phi) is 3.64. The maximum Gasteiger partial charge on any atom is 0.130 e. The van der Waals surface area contributed by atoms with E-state index in [1.165, 1.54) is 5.69 Å². The summed E-state index contributed by atoms with van der Waals surface area (Å²) in [6, 6.07) is 1.97. The molecule has 0 radical (unpaired) electrons. The largest absolute Gasteiger partial charge is 0.381 e. The molecule has 2 rings (SSSR count). The first kappa shape index (κ1) is 12.7. The minimum absolute atomic E-state index is 0.0798. The minimum Gasteiger partial charge on any atom is -0.381 e. The molecule has 0 saturated carbocycles. The van der Waals surface area contributed by atoms with Gasteiger partial charge in [-0.2, -0.15) is 0 Å². The van der Waals surface area contributed by atoms with Crippen LogP contribution in [0.5, 0.6) is 0 Å². The zero-order valence-electron chi connectivity index (χ0n) is 10.7. The van der Waals surface area contributed by atoms with Crippen molar-refractivity contribution in [1.82, 2.24) is 9.97 Å². The monoisotopic (exact) mass is 252 g/mol. The van der Waals surface area contributed by atoms with Crippen LogP contribution in [-0.4, -0.2) is 23.2 Å². The minimum atomic E-state index is 0.0798. The second-order valence-corrected chi connectivity index (χ2v) is 6.07. The number of H-pyrrole nitrogens is 1. The van der Waals surface area contributed by atoms with Gasteiger partial charge in [-0.15, -0.1) is 0 Å². The number of hydrogen-bond acceptors (Lipinski definition) is 3. The fourth-order valence-electron chi connectivity index (χ4n) is 2.04. The topological polar surface area (TPSA) is 37.9 Å². The lowest BCUT2D eigenvalue weighted by atomic mass is 9.91. The van der Waals surface area contributed by atoms with E-state index in [0.717, 1.165) is 31.9 Å². The quantitative estimate of drug-likeness (QED) is 0.779. The third-order valence-electron chi connectivity index (χ3n) is 3.18. The number of rotatable bonds is 1. The van der Waals surface area contributed by atoms with Crippen LogP contribution < -0.4 is 0 Å². The molecule has 17 heavy (non-hydrogen) atoms. The van der Waals surface area contributed by atoms with E-state index in [2.05, 4.69) is 30.7 Å². The molecule has 0 aliphatic carbocycles. The van der Waals surface area contributed by atoms with Crippen LogP contribution in [-0.2, 0) is 10.2 Å². The van der Waals surface area contributed by atoms with Gasteiger partial charge in [0, 0.05) is 30.2 Å². The Bertz CT molecular complexity index is 441. The first-order valence-corrected chi connectivity index (χ1v) is 6.57. The van der Waals surface area contributed by atoms with Crippen LogP contribution in [0.4, 0.5) is 0 Å². The normalized spacial score (nSPS) is 18.3. The predicted octanol–water partition coefficient (Wildman–Crippen LogP) is 3.33. The molecule has 0 amide bonds. The molecule has 0 spiro atoms. The van der Waals surface area contributed by atoms with Crippen LogP contribution in [0, 0.1) is 4.64 Å². The van der Waals surface area contributed by atoms with Crippen LogP contribution in [0.15, 0.2) is 6.07 Å². The summed E-state index contributed by atoms with van der Waals surface area (Å²) in [6.45, 7) is 8.20. The molecule has 1 aromatic rings. The summed E-state index contributed by atoms with van der Waals surface area (Å²) in [6.07, 6.45) is 2.07. The fraction of sp³-hybridized carbons (Fsp3) is 0.692. The maximum atomic E-state index is 5.38. The second kappa shape index (κ2) is 4.86. The lowest BCUT2D eigenvalue weighted by Crippen LogP contribution is -2.20. The summed E-state index contributed by atoms with van der Waals surface area (Å²) in [5.74, 6) is 1.50. The zero-order valence-corrected chi connectivity index (χ0v) is 11.6.